The number of carbonyl (C=O) groups excluding carboxylic acids is 1. The number of hydrogen-bond acceptors (Lipinski definition) is 5. The predicted octanol–water partition coefficient (Wildman–Crippen LogP) is 5.15. The van der Waals surface area contributed by atoms with Crippen LogP contribution in [0.3, 0.4) is 0 Å². The second-order valence-electron chi connectivity index (χ2n) is 7.51. The van der Waals surface area contributed by atoms with Crippen molar-refractivity contribution in [2.75, 3.05) is 7.05 Å². The number of para-hydroxylation sites is 1. The summed E-state index contributed by atoms with van der Waals surface area (Å²) in [6.45, 7) is 4.01. The molecule has 0 saturated heterocycles. The maximum absolute atomic E-state index is 12.3. The van der Waals surface area contributed by atoms with Crippen molar-refractivity contribution < 1.29 is 14.7 Å². The fourth-order valence-electron chi connectivity index (χ4n) is 3.42. The zero-order valence-corrected chi connectivity index (χ0v) is 17.4. The third kappa shape index (κ3) is 3.69. The molecule has 1 amide bonds. The fourth-order valence-corrected chi connectivity index (χ4v) is 4.30. The van der Waals surface area contributed by atoms with Gasteiger partial charge in [-0.2, -0.15) is 0 Å². The van der Waals surface area contributed by atoms with Crippen molar-refractivity contribution in [3.05, 3.63) is 71.2 Å². The van der Waals surface area contributed by atoms with Crippen molar-refractivity contribution >= 4 is 38.2 Å². The normalized spacial score (nSPS) is 11.7. The van der Waals surface area contributed by atoms with Gasteiger partial charge in [0.2, 0.25) is 0 Å². The minimum absolute atomic E-state index is 0.361. The molecule has 4 rings (SSSR count). The molecule has 0 spiro atoms. The number of nitrogens with zero attached hydrogens (tertiary/aromatic N) is 2. The summed E-state index contributed by atoms with van der Waals surface area (Å²) in [6.07, 6.45) is 0. The highest BCUT2D eigenvalue weighted by Gasteiger charge is 2.32. The molecule has 4 aromatic rings. The molecule has 1 heterocycles. The zero-order valence-electron chi connectivity index (χ0n) is 16.5. The molecule has 0 fully saturated rings. The fraction of sp³-hybridized carbons (Fsp3) is 0.217. The molecule has 0 radical (unpaired) electrons. The predicted molar refractivity (Wildman–Crippen MR) is 115 cm³/mol. The van der Waals surface area contributed by atoms with E-state index in [4.69, 9.17) is 4.74 Å². The van der Waals surface area contributed by atoms with Crippen LogP contribution in [0.15, 0.2) is 60.7 Å². The van der Waals surface area contributed by atoms with E-state index in [1.165, 1.54) is 7.05 Å². The van der Waals surface area contributed by atoms with Crippen molar-refractivity contribution in [1.82, 2.24) is 10.0 Å². The van der Waals surface area contributed by atoms with Crippen LogP contribution >= 0.6 is 11.3 Å². The van der Waals surface area contributed by atoms with E-state index in [0.717, 1.165) is 37.3 Å². The first-order chi connectivity index (χ1) is 13.9. The van der Waals surface area contributed by atoms with E-state index >= 15 is 0 Å². The summed E-state index contributed by atoms with van der Waals surface area (Å²) in [5, 5.41) is 13.1. The molecule has 148 valence electrons. The Morgan fingerprint density at radius 1 is 1.14 bits per heavy atom. The molecular weight excluding hydrogens is 384 g/mol. The van der Waals surface area contributed by atoms with Gasteiger partial charge >= 0.3 is 0 Å². The first-order valence-electron chi connectivity index (χ1n) is 9.34. The van der Waals surface area contributed by atoms with Gasteiger partial charge in [0.25, 0.3) is 5.91 Å². The highest BCUT2D eigenvalue weighted by molar-refractivity contribution is 7.18. The summed E-state index contributed by atoms with van der Waals surface area (Å²) in [7, 11) is 1.35. The smallest absolute Gasteiger partial charge is 0.255 e. The summed E-state index contributed by atoms with van der Waals surface area (Å²) in [6, 6.07) is 19.8. The van der Waals surface area contributed by atoms with Crippen molar-refractivity contribution in [2.24, 2.45) is 0 Å². The third-order valence-electron chi connectivity index (χ3n) is 5.08. The molecule has 0 aliphatic heterocycles. The van der Waals surface area contributed by atoms with Crippen LogP contribution in [0.4, 0.5) is 0 Å². The van der Waals surface area contributed by atoms with Gasteiger partial charge in [-0.1, -0.05) is 36.4 Å². The lowest BCUT2D eigenvalue weighted by atomic mass is 9.82. The van der Waals surface area contributed by atoms with Gasteiger partial charge < -0.3 is 4.74 Å². The molecule has 1 N–H and O–H groups in total. The van der Waals surface area contributed by atoms with E-state index in [-0.39, 0.29) is 5.91 Å². The van der Waals surface area contributed by atoms with Crippen LogP contribution in [0.5, 0.6) is 5.75 Å². The lowest BCUT2D eigenvalue weighted by Gasteiger charge is -2.26. The molecule has 0 saturated carbocycles. The molecule has 0 bridgehead atoms. The van der Waals surface area contributed by atoms with Crippen LogP contribution in [0.1, 0.15) is 24.4 Å². The first kappa shape index (κ1) is 19.4. The quantitative estimate of drug-likeness (QED) is 0.368. The highest BCUT2D eigenvalue weighted by Crippen LogP contribution is 2.32. The average molecular weight is 407 g/mol. The number of ether oxygens (including phenoxy) is 1. The van der Waals surface area contributed by atoms with Crippen molar-refractivity contribution in [2.45, 2.75) is 25.9 Å². The summed E-state index contributed by atoms with van der Waals surface area (Å²) < 4.78 is 7.23. The van der Waals surface area contributed by atoms with Crippen LogP contribution in [-0.4, -0.2) is 28.2 Å². The van der Waals surface area contributed by atoms with E-state index in [0.29, 0.717) is 11.7 Å². The Hall–Kier alpha value is -2.96. The molecule has 6 heteroatoms. The number of aromatic nitrogens is 1. The third-order valence-corrected chi connectivity index (χ3v) is 6.09. The van der Waals surface area contributed by atoms with Crippen LogP contribution in [0, 0.1) is 0 Å². The first-order valence-corrected chi connectivity index (χ1v) is 10.2. The van der Waals surface area contributed by atoms with E-state index in [1.54, 1.807) is 25.2 Å². The van der Waals surface area contributed by atoms with Crippen molar-refractivity contribution in [3.63, 3.8) is 0 Å². The van der Waals surface area contributed by atoms with Crippen molar-refractivity contribution in [1.29, 1.82) is 0 Å². The molecule has 5 nitrogen and oxygen atoms in total. The minimum Gasteiger partial charge on any atom is -0.486 e. The Kier molecular flexibility index (Phi) is 4.98. The molecule has 0 aliphatic carbocycles. The highest BCUT2D eigenvalue weighted by atomic mass is 32.1. The number of carbonyl (C=O) groups is 1. The number of likely N-dealkylation sites (N-methyl/N-ethyl adjacent to an activating group) is 1. The topological polar surface area (TPSA) is 62.7 Å². The molecule has 0 unspecified atom stereocenters. The second-order valence-corrected chi connectivity index (χ2v) is 8.63. The lowest BCUT2D eigenvalue weighted by Crippen LogP contribution is -2.39. The summed E-state index contributed by atoms with van der Waals surface area (Å²) in [5.74, 6) is 0.414. The van der Waals surface area contributed by atoms with Crippen molar-refractivity contribution in [3.8, 4) is 5.75 Å². The molecule has 3 aromatic carbocycles. The molecule has 0 atom stereocenters. The van der Waals surface area contributed by atoms with E-state index in [1.807, 2.05) is 54.6 Å². The summed E-state index contributed by atoms with van der Waals surface area (Å²) >= 11 is 1.63. The molecule has 29 heavy (non-hydrogen) atoms. The second kappa shape index (κ2) is 7.46. The van der Waals surface area contributed by atoms with E-state index < -0.39 is 5.41 Å². The summed E-state index contributed by atoms with van der Waals surface area (Å²) in [4.78, 5) is 17.0. The van der Waals surface area contributed by atoms with Gasteiger partial charge in [0.1, 0.15) is 17.4 Å². The van der Waals surface area contributed by atoms with Gasteiger partial charge in [0.05, 0.1) is 15.6 Å². The Morgan fingerprint density at radius 3 is 2.69 bits per heavy atom. The number of amides is 1. The van der Waals surface area contributed by atoms with Crippen LogP contribution in [0.25, 0.3) is 21.0 Å². The maximum Gasteiger partial charge on any atom is 0.255 e. The van der Waals surface area contributed by atoms with Gasteiger partial charge in [0, 0.05) is 12.4 Å². The van der Waals surface area contributed by atoms with Gasteiger partial charge in [-0.3, -0.25) is 10.0 Å². The largest absolute Gasteiger partial charge is 0.486 e. The maximum atomic E-state index is 12.3. The lowest BCUT2D eigenvalue weighted by molar-refractivity contribution is -0.164. The van der Waals surface area contributed by atoms with Gasteiger partial charge in [-0.15, -0.1) is 11.3 Å². The molecule has 1 aromatic heterocycles. The SMILES string of the molecule is CN(O)C(=O)C(C)(C)c1ccc2c(OCc3nc4ccccc4s3)cccc2c1. The van der Waals surface area contributed by atoms with Gasteiger partial charge in [-0.25, -0.2) is 10.0 Å². The van der Waals surface area contributed by atoms with Crippen LogP contribution in [-0.2, 0) is 16.8 Å². The van der Waals surface area contributed by atoms with Crippen LogP contribution < -0.4 is 4.74 Å². The Morgan fingerprint density at radius 2 is 1.93 bits per heavy atom. The zero-order chi connectivity index (χ0) is 20.6. The van der Waals surface area contributed by atoms with E-state index in [9.17, 15) is 10.0 Å². The number of hydrogen-bond donors (Lipinski definition) is 1. The molecular formula is C23H22N2O3S. The Labute approximate surface area is 173 Å². The van der Waals surface area contributed by atoms with Gasteiger partial charge in [-0.05, 0) is 49.1 Å². The average Bonchev–Trinajstić information content (AvgIpc) is 3.14. The number of rotatable bonds is 5. The minimum atomic E-state index is -0.838. The van der Waals surface area contributed by atoms with E-state index in [2.05, 4.69) is 11.1 Å². The van der Waals surface area contributed by atoms with Crippen LogP contribution in [0.2, 0.25) is 0 Å². The summed E-state index contributed by atoms with van der Waals surface area (Å²) in [5.41, 5.74) is 0.980. The Bertz CT molecular complexity index is 1160. The number of hydroxylamine groups is 2. The Balaban J connectivity index is 1.61. The number of fused-ring (bicyclic) bond motifs is 2. The number of thiazole rings is 1. The standard InChI is InChI=1S/C23H22N2O3S/c1-23(2,22(26)25(3)27)16-11-12-17-15(13-16)7-6-9-19(17)28-14-21-24-18-8-4-5-10-20(18)29-21/h4-13,27H,14H2,1-3H3. The van der Waals surface area contributed by atoms with Gasteiger partial charge in [0.15, 0.2) is 0 Å². The number of benzene rings is 3. The molecule has 0 aliphatic rings. The monoisotopic (exact) mass is 406 g/mol.